The first-order valence-electron chi connectivity index (χ1n) is 5.94. The Morgan fingerprint density at radius 3 is 2.68 bits per heavy atom. The molecule has 4 N–H and O–H groups in total. The van der Waals surface area contributed by atoms with Crippen LogP contribution in [0.3, 0.4) is 0 Å². The van der Waals surface area contributed by atoms with E-state index in [1.54, 1.807) is 31.9 Å². The fourth-order valence-corrected chi connectivity index (χ4v) is 2.37. The van der Waals surface area contributed by atoms with Crippen molar-refractivity contribution in [2.75, 3.05) is 7.11 Å². The van der Waals surface area contributed by atoms with Gasteiger partial charge in [-0.05, 0) is 24.6 Å². The summed E-state index contributed by atoms with van der Waals surface area (Å²) in [6.07, 6.45) is -0.344. The number of thioether (sulfide) groups is 1. The number of hydrogen-bond donors (Lipinski definition) is 3. The predicted octanol–water partition coefficient (Wildman–Crippen LogP) is 1.79. The van der Waals surface area contributed by atoms with Gasteiger partial charge in [-0.2, -0.15) is 11.8 Å². The van der Waals surface area contributed by atoms with Gasteiger partial charge in [0.05, 0.1) is 18.8 Å². The van der Waals surface area contributed by atoms with E-state index >= 15 is 0 Å². The van der Waals surface area contributed by atoms with Crippen LogP contribution in [0.25, 0.3) is 0 Å². The number of nitrogens with zero attached hydrogens (tertiary/aromatic N) is 1. The maximum Gasteiger partial charge on any atom is 0.173 e. The third-order valence-corrected chi connectivity index (χ3v) is 4.26. The molecule has 1 rings (SSSR count). The molecule has 2 atom stereocenters. The number of aliphatic hydroxyl groups excluding tert-OH is 1. The average molecular weight is 284 g/mol. The molecule has 0 heterocycles. The van der Waals surface area contributed by atoms with Gasteiger partial charge in [0.2, 0.25) is 0 Å². The van der Waals surface area contributed by atoms with Crippen LogP contribution in [0.15, 0.2) is 23.4 Å². The zero-order chi connectivity index (χ0) is 14.4. The Morgan fingerprint density at radius 1 is 1.47 bits per heavy atom. The van der Waals surface area contributed by atoms with Crippen LogP contribution in [0.2, 0.25) is 0 Å². The molecule has 1 aromatic carbocycles. The molecular formula is C13H20N2O3S. The maximum atomic E-state index is 9.44. The van der Waals surface area contributed by atoms with Crippen molar-refractivity contribution in [3.63, 3.8) is 0 Å². The van der Waals surface area contributed by atoms with Gasteiger partial charge in [-0.15, -0.1) is 0 Å². The minimum atomic E-state index is -0.344. The highest BCUT2D eigenvalue weighted by atomic mass is 32.2. The van der Waals surface area contributed by atoms with Crippen LogP contribution in [0.5, 0.6) is 5.75 Å². The lowest BCUT2D eigenvalue weighted by Crippen LogP contribution is -2.16. The predicted molar refractivity (Wildman–Crippen MR) is 77.9 cm³/mol. The molecule has 5 nitrogen and oxygen atoms in total. The monoisotopic (exact) mass is 284 g/mol. The minimum absolute atomic E-state index is 0.0217. The first-order valence-corrected chi connectivity index (χ1v) is 6.99. The lowest BCUT2D eigenvalue weighted by Gasteiger charge is -2.15. The molecule has 19 heavy (non-hydrogen) atoms. The zero-order valence-corrected chi connectivity index (χ0v) is 12.1. The number of rotatable bonds is 6. The number of methoxy groups -OCH3 is 1. The summed E-state index contributed by atoms with van der Waals surface area (Å²) < 4.78 is 5.23. The molecule has 0 saturated heterocycles. The van der Waals surface area contributed by atoms with Crippen molar-refractivity contribution in [1.82, 2.24) is 0 Å². The summed E-state index contributed by atoms with van der Waals surface area (Å²) in [5, 5.41) is 21.3. The van der Waals surface area contributed by atoms with Gasteiger partial charge in [0.15, 0.2) is 5.84 Å². The molecule has 0 spiro atoms. The SMILES string of the molecule is COc1cc(CSC(C)C(C)O)ccc1/C(N)=N/O. The highest BCUT2D eigenvalue weighted by Gasteiger charge is 2.12. The molecule has 1 aromatic rings. The molecule has 0 amide bonds. The summed E-state index contributed by atoms with van der Waals surface area (Å²) in [6.45, 7) is 3.76. The van der Waals surface area contributed by atoms with E-state index in [2.05, 4.69) is 5.16 Å². The fourth-order valence-electron chi connectivity index (χ4n) is 1.46. The van der Waals surface area contributed by atoms with Crippen LogP contribution >= 0.6 is 11.8 Å². The van der Waals surface area contributed by atoms with Crippen molar-refractivity contribution in [3.8, 4) is 5.75 Å². The Kier molecular flexibility index (Phi) is 5.98. The number of hydrogen-bond acceptors (Lipinski definition) is 5. The molecule has 0 aliphatic carbocycles. The molecule has 0 aliphatic heterocycles. The van der Waals surface area contributed by atoms with E-state index in [-0.39, 0.29) is 17.2 Å². The van der Waals surface area contributed by atoms with Crippen molar-refractivity contribution in [1.29, 1.82) is 0 Å². The number of ether oxygens (including phenoxy) is 1. The molecule has 0 fully saturated rings. The topological polar surface area (TPSA) is 88.1 Å². The summed E-state index contributed by atoms with van der Waals surface area (Å²) in [6, 6.07) is 5.52. The van der Waals surface area contributed by atoms with E-state index in [1.807, 2.05) is 19.1 Å². The van der Waals surface area contributed by atoms with Crippen LogP contribution in [-0.2, 0) is 5.75 Å². The number of benzene rings is 1. The van der Waals surface area contributed by atoms with Crippen molar-refractivity contribution >= 4 is 17.6 Å². The van der Waals surface area contributed by atoms with E-state index in [0.29, 0.717) is 11.3 Å². The zero-order valence-electron chi connectivity index (χ0n) is 11.3. The van der Waals surface area contributed by atoms with Gasteiger partial charge in [0.25, 0.3) is 0 Å². The second-order valence-electron chi connectivity index (χ2n) is 4.28. The lowest BCUT2D eigenvalue weighted by atomic mass is 10.1. The van der Waals surface area contributed by atoms with Gasteiger partial charge >= 0.3 is 0 Å². The number of aliphatic hydroxyl groups is 1. The van der Waals surface area contributed by atoms with Crippen LogP contribution in [-0.4, -0.2) is 34.6 Å². The molecule has 0 aromatic heterocycles. The number of oxime groups is 1. The first-order chi connectivity index (χ1) is 8.99. The quantitative estimate of drug-likeness (QED) is 0.321. The third-order valence-electron chi connectivity index (χ3n) is 2.84. The van der Waals surface area contributed by atoms with Gasteiger partial charge < -0.3 is 20.8 Å². The Bertz CT molecular complexity index is 450. The smallest absolute Gasteiger partial charge is 0.173 e. The summed E-state index contributed by atoms with van der Waals surface area (Å²) in [5.74, 6) is 1.35. The third kappa shape index (κ3) is 4.33. The van der Waals surface area contributed by atoms with Crippen molar-refractivity contribution in [2.24, 2.45) is 10.9 Å². The summed E-state index contributed by atoms with van der Waals surface area (Å²) in [4.78, 5) is 0. The Balaban J connectivity index is 2.83. The molecule has 0 aliphatic rings. The normalized spacial score (nSPS) is 15.1. The fraction of sp³-hybridized carbons (Fsp3) is 0.462. The van der Waals surface area contributed by atoms with Gasteiger partial charge in [-0.25, -0.2) is 0 Å². The van der Waals surface area contributed by atoms with Gasteiger partial charge in [-0.3, -0.25) is 0 Å². The van der Waals surface area contributed by atoms with E-state index in [4.69, 9.17) is 15.7 Å². The molecule has 0 bridgehead atoms. The van der Waals surface area contributed by atoms with E-state index in [1.165, 1.54) is 0 Å². The van der Waals surface area contributed by atoms with Crippen molar-refractivity contribution in [2.45, 2.75) is 31.0 Å². The van der Waals surface area contributed by atoms with Gasteiger partial charge in [0.1, 0.15) is 5.75 Å². The van der Waals surface area contributed by atoms with Crippen LogP contribution in [0, 0.1) is 0 Å². The molecule has 106 valence electrons. The van der Waals surface area contributed by atoms with E-state index in [9.17, 15) is 5.11 Å². The molecular weight excluding hydrogens is 264 g/mol. The highest BCUT2D eigenvalue weighted by molar-refractivity contribution is 7.99. The summed E-state index contributed by atoms with van der Waals surface area (Å²) in [5.41, 5.74) is 7.18. The van der Waals surface area contributed by atoms with Gasteiger partial charge in [0, 0.05) is 11.0 Å². The number of nitrogens with two attached hydrogens (primary N) is 1. The summed E-state index contributed by atoms with van der Waals surface area (Å²) in [7, 11) is 1.54. The highest BCUT2D eigenvalue weighted by Crippen LogP contribution is 2.25. The van der Waals surface area contributed by atoms with Crippen molar-refractivity contribution < 1.29 is 15.1 Å². The second-order valence-corrected chi connectivity index (χ2v) is 5.64. The van der Waals surface area contributed by atoms with Crippen molar-refractivity contribution in [3.05, 3.63) is 29.3 Å². The molecule has 2 unspecified atom stereocenters. The average Bonchev–Trinajstić information content (AvgIpc) is 2.43. The largest absolute Gasteiger partial charge is 0.496 e. The van der Waals surface area contributed by atoms with Crippen LogP contribution in [0.1, 0.15) is 25.0 Å². The Hall–Kier alpha value is -1.40. The molecule has 0 radical (unpaired) electrons. The van der Waals surface area contributed by atoms with Crippen LogP contribution < -0.4 is 10.5 Å². The minimum Gasteiger partial charge on any atom is -0.496 e. The van der Waals surface area contributed by atoms with E-state index < -0.39 is 0 Å². The van der Waals surface area contributed by atoms with Crippen LogP contribution in [0.4, 0.5) is 0 Å². The standard InChI is InChI=1S/C13H20N2O3S/c1-8(16)9(2)19-7-10-4-5-11(13(14)15-17)12(6-10)18-3/h4-6,8-9,16-17H,7H2,1-3H3,(H2,14,15). The Morgan fingerprint density at radius 2 is 2.16 bits per heavy atom. The maximum absolute atomic E-state index is 9.44. The molecule has 6 heteroatoms. The lowest BCUT2D eigenvalue weighted by molar-refractivity contribution is 0.196. The van der Waals surface area contributed by atoms with E-state index in [0.717, 1.165) is 11.3 Å². The first kappa shape index (κ1) is 15.7. The molecule has 0 saturated carbocycles. The second kappa shape index (κ2) is 7.25. The summed E-state index contributed by atoms with van der Waals surface area (Å²) >= 11 is 1.66. The number of amidine groups is 1. The van der Waals surface area contributed by atoms with Gasteiger partial charge in [-0.1, -0.05) is 18.1 Å². The Labute approximate surface area is 117 Å².